The predicted molar refractivity (Wildman–Crippen MR) is 276 cm³/mol. The van der Waals surface area contributed by atoms with Crippen LogP contribution in [0, 0.1) is 0 Å². The first kappa shape index (κ1) is 54.7. The normalized spacial score (nSPS) is 11.4. The number of hydrogen-bond acceptors (Lipinski definition) is 10. The highest BCUT2D eigenvalue weighted by Crippen LogP contribution is 2.27. The molecule has 0 unspecified atom stereocenters. The van der Waals surface area contributed by atoms with E-state index in [-0.39, 0.29) is 11.1 Å². The maximum absolute atomic E-state index is 13.1. The number of carbonyl (C=O) groups is 4. The van der Waals surface area contributed by atoms with Crippen LogP contribution >= 0.6 is 0 Å². The Kier molecular flexibility index (Phi) is 24.8. The summed E-state index contributed by atoms with van der Waals surface area (Å²) >= 11 is 0. The van der Waals surface area contributed by atoms with Crippen molar-refractivity contribution in [3.8, 4) is 39.9 Å². The fourth-order valence-electron chi connectivity index (χ4n) is 7.85. The molecule has 0 saturated carbocycles. The van der Waals surface area contributed by atoms with Gasteiger partial charge in [-0.1, -0.05) is 154 Å². The molecule has 0 radical (unpaired) electrons. The molecule has 0 aliphatic heterocycles. The minimum Gasteiger partial charge on any atom is -0.494 e. The summed E-state index contributed by atoms with van der Waals surface area (Å²) in [6.07, 6.45) is 24.3. The zero-order valence-corrected chi connectivity index (χ0v) is 41.8. The Balaban J connectivity index is 0.986. The molecule has 0 bridgehead atoms. The number of benzene rings is 5. The van der Waals surface area contributed by atoms with E-state index in [1.54, 1.807) is 97.9 Å². The molecule has 0 saturated heterocycles. The highest BCUT2D eigenvalue weighted by molar-refractivity contribution is 5.95. The summed E-state index contributed by atoms with van der Waals surface area (Å²) in [6.45, 7) is 7.34. The van der Waals surface area contributed by atoms with Gasteiger partial charge in [0.1, 0.15) is 28.7 Å². The summed E-state index contributed by atoms with van der Waals surface area (Å²) in [7, 11) is 0. The lowest BCUT2D eigenvalue weighted by Crippen LogP contribution is -2.26. The van der Waals surface area contributed by atoms with Crippen molar-refractivity contribution in [2.45, 2.75) is 155 Å². The zero-order valence-electron chi connectivity index (χ0n) is 41.8. The van der Waals surface area contributed by atoms with E-state index in [4.69, 9.17) is 28.4 Å². The van der Waals surface area contributed by atoms with E-state index in [2.05, 4.69) is 13.8 Å². The first-order chi connectivity index (χ1) is 34.2. The molecular weight excluding hydrogens is 881 g/mol. The third-order valence-electron chi connectivity index (χ3n) is 12.1. The van der Waals surface area contributed by atoms with Gasteiger partial charge in [0.2, 0.25) is 0 Å². The van der Waals surface area contributed by atoms with E-state index >= 15 is 0 Å². The van der Waals surface area contributed by atoms with Crippen LogP contribution < -0.4 is 23.7 Å². The van der Waals surface area contributed by atoms with Gasteiger partial charge in [0.05, 0.1) is 23.3 Å². The largest absolute Gasteiger partial charge is 0.494 e. The van der Waals surface area contributed by atoms with Crippen LogP contribution in [0.2, 0.25) is 0 Å². The Morgan fingerprint density at radius 1 is 0.371 bits per heavy atom. The van der Waals surface area contributed by atoms with Crippen molar-refractivity contribution in [1.29, 1.82) is 0 Å². The molecule has 5 aromatic rings. The highest BCUT2D eigenvalue weighted by atomic mass is 16.6. The summed E-state index contributed by atoms with van der Waals surface area (Å²) in [5.41, 5.74) is 2.43. The topological polar surface area (TPSA) is 124 Å². The summed E-state index contributed by atoms with van der Waals surface area (Å²) in [4.78, 5) is 51.6. The fourth-order valence-corrected chi connectivity index (χ4v) is 7.85. The van der Waals surface area contributed by atoms with Crippen LogP contribution in [-0.4, -0.2) is 43.2 Å². The van der Waals surface area contributed by atoms with Crippen LogP contribution in [0.25, 0.3) is 11.1 Å². The number of rotatable bonds is 33. The molecule has 0 aromatic heterocycles. The standard InChI is InChI=1S/C60H74O10/c1-4-6-8-10-12-14-16-18-20-22-43-65-46(3)57(61)67-53-39-41-55(42-40-53)69-58(62)48-29-27-47(28-30-48)51-25-24-26-56(45-51)70-60(64)50-33-31-49(32-34-50)59(63)68-54-37-35-52(36-38-54)66-44-23-21-19-17-15-13-11-9-7-5-2/h24-42,45-46H,4-23,43-44H2,1-3H3/t46-/m0/s1. The maximum Gasteiger partial charge on any atom is 0.343 e. The molecule has 0 fully saturated rings. The highest BCUT2D eigenvalue weighted by Gasteiger charge is 2.17. The predicted octanol–water partition coefficient (Wildman–Crippen LogP) is 15.5. The van der Waals surface area contributed by atoms with E-state index in [0.717, 1.165) is 42.6 Å². The Morgan fingerprint density at radius 3 is 1.20 bits per heavy atom. The molecule has 0 amide bonds. The summed E-state index contributed by atoms with van der Waals surface area (Å²) in [6, 6.07) is 33.2. The lowest BCUT2D eigenvalue weighted by atomic mass is 10.0. The van der Waals surface area contributed by atoms with E-state index in [0.29, 0.717) is 41.8 Å². The third-order valence-corrected chi connectivity index (χ3v) is 12.1. The second kappa shape index (κ2) is 31.8. The van der Waals surface area contributed by atoms with Crippen LogP contribution in [-0.2, 0) is 9.53 Å². The van der Waals surface area contributed by atoms with Crippen molar-refractivity contribution >= 4 is 23.9 Å². The van der Waals surface area contributed by atoms with E-state index < -0.39 is 30.0 Å². The van der Waals surface area contributed by atoms with Crippen LogP contribution in [0.4, 0.5) is 0 Å². The minimum absolute atomic E-state index is 0.263. The van der Waals surface area contributed by atoms with Crippen LogP contribution in [0.1, 0.15) is 180 Å². The molecule has 0 N–H and O–H groups in total. The minimum atomic E-state index is -0.693. The van der Waals surface area contributed by atoms with Crippen molar-refractivity contribution in [3.63, 3.8) is 0 Å². The third kappa shape index (κ3) is 20.4. The molecule has 0 spiro atoms. The number of unbranched alkanes of at least 4 members (excludes halogenated alkanes) is 18. The zero-order chi connectivity index (χ0) is 49.6. The second-order valence-electron chi connectivity index (χ2n) is 17.9. The van der Waals surface area contributed by atoms with Crippen LogP contribution in [0.15, 0.2) is 121 Å². The first-order valence-electron chi connectivity index (χ1n) is 25.9. The Morgan fingerprint density at radius 2 is 0.743 bits per heavy atom. The number of hydrogen-bond donors (Lipinski definition) is 0. The quantitative estimate of drug-likeness (QED) is 0.0228. The number of esters is 4. The van der Waals surface area contributed by atoms with Gasteiger partial charge < -0.3 is 28.4 Å². The van der Waals surface area contributed by atoms with E-state index in [1.165, 1.54) is 127 Å². The molecule has 1 atom stereocenters. The fraction of sp³-hybridized carbons (Fsp3) is 0.433. The van der Waals surface area contributed by atoms with E-state index in [9.17, 15) is 19.2 Å². The van der Waals surface area contributed by atoms with Gasteiger partial charge in [-0.25, -0.2) is 19.2 Å². The lowest BCUT2D eigenvalue weighted by Gasteiger charge is -2.13. The molecule has 374 valence electrons. The Labute approximate surface area is 416 Å². The maximum atomic E-state index is 13.1. The summed E-state index contributed by atoms with van der Waals surface area (Å²) in [5, 5.41) is 0. The van der Waals surface area contributed by atoms with Gasteiger partial charge in [-0.15, -0.1) is 0 Å². The molecule has 10 heteroatoms. The molecule has 5 rings (SSSR count). The van der Waals surface area contributed by atoms with Crippen molar-refractivity contribution in [3.05, 3.63) is 138 Å². The summed E-state index contributed by atoms with van der Waals surface area (Å²) in [5.74, 6) is -0.111. The average molecular weight is 955 g/mol. The van der Waals surface area contributed by atoms with E-state index in [1.807, 2.05) is 6.07 Å². The van der Waals surface area contributed by atoms with Gasteiger partial charge in [0, 0.05) is 6.61 Å². The van der Waals surface area contributed by atoms with Gasteiger partial charge in [0.15, 0.2) is 6.10 Å². The number of carbonyl (C=O) groups excluding carboxylic acids is 4. The molecule has 10 nitrogen and oxygen atoms in total. The molecule has 0 aliphatic rings. The molecular formula is C60H74O10. The van der Waals surface area contributed by atoms with Crippen molar-refractivity contribution in [2.75, 3.05) is 13.2 Å². The van der Waals surface area contributed by atoms with Crippen molar-refractivity contribution in [2.24, 2.45) is 0 Å². The molecule has 5 aromatic carbocycles. The smallest absolute Gasteiger partial charge is 0.343 e. The van der Waals surface area contributed by atoms with Crippen LogP contribution in [0.5, 0.6) is 28.7 Å². The Bertz CT molecular complexity index is 2280. The molecule has 0 heterocycles. The van der Waals surface area contributed by atoms with Crippen LogP contribution in [0.3, 0.4) is 0 Å². The monoisotopic (exact) mass is 955 g/mol. The van der Waals surface area contributed by atoms with Gasteiger partial charge in [-0.2, -0.15) is 0 Å². The first-order valence-corrected chi connectivity index (χ1v) is 25.9. The second-order valence-corrected chi connectivity index (χ2v) is 17.9. The van der Waals surface area contributed by atoms with Gasteiger partial charge >= 0.3 is 23.9 Å². The molecule has 0 aliphatic carbocycles. The lowest BCUT2D eigenvalue weighted by molar-refractivity contribution is -0.146. The van der Waals surface area contributed by atoms with Gasteiger partial charge in [0.25, 0.3) is 0 Å². The van der Waals surface area contributed by atoms with Crippen molar-refractivity contribution in [1.82, 2.24) is 0 Å². The SMILES string of the molecule is CCCCCCCCCCCCOc1ccc(OC(=O)c2ccc(C(=O)Oc3cccc(-c4ccc(C(=O)Oc5ccc(OC(=O)[C@H](C)OCCCCCCCCCCCC)cc5)cc4)c3)cc2)cc1. The van der Waals surface area contributed by atoms with Gasteiger partial charge in [-0.05, 0) is 128 Å². The van der Waals surface area contributed by atoms with Gasteiger partial charge in [-0.3, -0.25) is 0 Å². The molecule has 70 heavy (non-hydrogen) atoms. The number of ether oxygens (including phenoxy) is 6. The van der Waals surface area contributed by atoms with Crippen molar-refractivity contribution < 1.29 is 47.6 Å². The average Bonchev–Trinajstić information content (AvgIpc) is 3.38. The Hall–Kier alpha value is -6.26. The summed E-state index contributed by atoms with van der Waals surface area (Å²) < 4.78 is 33.9.